The Labute approximate surface area is 154 Å². The van der Waals surface area contributed by atoms with Crippen molar-refractivity contribution < 1.29 is 9.53 Å². The average molecular weight is 357 g/mol. The van der Waals surface area contributed by atoms with Crippen LogP contribution >= 0.6 is 0 Å². The Balaban J connectivity index is 1.94. The molecule has 1 aromatic carbocycles. The van der Waals surface area contributed by atoms with Crippen LogP contribution in [-0.2, 0) is 0 Å². The van der Waals surface area contributed by atoms with Gasteiger partial charge in [-0.2, -0.15) is 4.98 Å². The Morgan fingerprint density at radius 2 is 1.88 bits per heavy atom. The van der Waals surface area contributed by atoms with E-state index in [1.165, 1.54) is 0 Å². The standard InChI is InChI=1S/C19H27N5O2/c1-5-6-11-20-17-12-14(4)21-18(23-17)24-19(25)22-15-7-9-16(10-8-15)26-13(2)3/h7-10,12-13H,5-6,11H2,1-4H3,(H3,20,21,22,23,24,25). The number of hydrogen-bond donors (Lipinski definition) is 3. The summed E-state index contributed by atoms with van der Waals surface area (Å²) >= 11 is 0. The normalized spacial score (nSPS) is 10.5. The molecule has 0 radical (unpaired) electrons. The summed E-state index contributed by atoms with van der Waals surface area (Å²) < 4.78 is 5.58. The van der Waals surface area contributed by atoms with Crippen molar-refractivity contribution in [3.8, 4) is 5.75 Å². The van der Waals surface area contributed by atoms with Gasteiger partial charge in [-0.25, -0.2) is 9.78 Å². The molecule has 0 unspecified atom stereocenters. The third-order valence-electron chi connectivity index (χ3n) is 3.40. The molecule has 2 rings (SSSR count). The monoisotopic (exact) mass is 357 g/mol. The number of amides is 2. The van der Waals surface area contributed by atoms with Gasteiger partial charge < -0.3 is 15.4 Å². The maximum atomic E-state index is 12.2. The lowest BCUT2D eigenvalue weighted by atomic mass is 10.3. The molecule has 0 spiro atoms. The molecule has 0 aliphatic carbocycles. The lowest BCUT2D eigenvalue weighted by Crippen LogP contribution is -2.21. The molecule has 1 aromatic heterocycles. The van der Waals surface area contributed by atoms with E-state index >= 15 is 0 Å². The van der Waals surface area contributed by atoms with Crippen LogP contribution in [0.25, 0.3) is 0 Å². The van der Waals surface area contributed by atoms with Crippen LogP contribution in [-0.4, -0.2) is 28.6 Å². The second-order valence-electron chi connectivity index (χ2n) is 6.27. The van der Waals surface area contributed by atoms with Crippen LogP contribution in [0.1, 0.15) is 39.3 Å². The Kier molecular flexibility index (Phi) is 7.20. The van der Waals surface area contributed by atoms with Crippen molar-refractivity contribution in [1.82, 2.24) is 9.97 Å². The third-order valence-corrected chi connectivity index (χ3v) is 3.40. The van der Waals surface area contributed by atoms with Crippen LogP contribution in [0.3, 0.4) is 0 Å². The minimum atomic E-state index is -0.396. The smallest absolute Gasteiger partial charge is 0.326 e. The zero-order valence-corrected chi connectivity index (χ0v) is 15.8. The SMILES string of the molecule is CCCCNc1cc(C)nc(NC(=O)Nc2ccc(OC(C)C)cc2)n1. The number of benzene rings is 1. The molecule has 7 nitrogen and oxygen atoms in total. The predicted molar refractivity (Wildman–Crippen MR) is 105 cm³/mol. The zero-order valence-electron chi connectivity index (χ0n) is 15.8. The fourth-order valence-electron chi connectivity index (χ4n) is 2.26. The van der Waals surface area contributed by atoms with Gasteiger partial charge in [0.1, 0.15) is 11.6 Å². The topological polar surface area (TPSA) is 88.2 Å². The molecule has 0 saturated carbocycles. The molecule has 0 aliphatic heterocycles. The number of nitrogens with zero attached hydrogens (tertiary/aromatic N) is 2. The summed E-state index contributed by atoms with van der Waals surface area (Å²) in [5.41, 5.74) is 1.44. The summed E-state index contributed by atoms with van der Waals surface area (Å²) in [6.45, 7) is 8.76. The highest BCUT2D eigenvalue weighted by Gasteiger charge is 2.08. The van der Waals surface area contributed by atoms with E-state index in [0.717, 1.165) is 30.8 Å². The number of rotatable bonds is 8. The molecule has 0 saturated heterocycles. The highest BCUT2D eigenvalue weighted by molar-refractivity contribution is 5.98. The summed E-state index contributed by atoms with van der Waals surface area (Å²) in [5.74, 6) is 1.73. The highest BCUT2D eigenvalue weighted by atomic mass is 16.5. The van der Waals surface area contributed by atoms with Crippen LogP contribution in [0.4, 0.5) is 22.2 Å². The Bertz CT molecular complexity index is 716. The molecule has 140 valence electrons. The summed E-state index contributed by atoms with van der Waals surface area (Å²) in [5, 5.41) is 8.66. The van der Waals surface area contributed by atoms with Gasteiger partial charge in [0, 0.05) is 24.0 Å². The van der Waals surface area contributed by atoms with Crippen LogP contribution in [0.2, 0.25) is 0 Å². The highest BCUT2D eigenvalue weighted by Crippen LogP contribution is 2.17. The van der Waals surface area contributed by atoms with Crippen LogP contribution in [0, 0.1) is 6.92 Å². The number of unbranched alkanes of at least 4 members (excludes halogenated alkanes) is 1. The van der Waals surface area contributed by atoms with E-state index in [2.05, 4.69) is 32.8 Å². The fourth-order valence-corrected chi connectivity index (χ4v) is 2.26. The predicted octanol–water partition coefficient (Wildman–Crippen LogP) is 4.43. The zero-order chi connectivity index (χ0) is 18.9. The number of aryl methyl sites for hydroxylation is 1. The second kappa shape index (κ2) is 9.60. The van der Waals surface area contributed by atoms with Crippen molar-refractivity contribution in [1.29, 1.82) is 0 Å². The van der Waals surface area contributed by atoms with Gasteiger partial charge in [0.25, 0.3) is 0 Å². The lowest BCUT2D eigenvalue weighted by molar-refractivity contribution is 0.242. The summed E-state index contributed by atoms with van der Waals surface area (Å²) in [4.78, 5) is 20.7. The van der Waals surface area contributed by atoms with Crippen molar-refractivity contribution in [2.45, 2.75) is 46.6 Å². The first-order valence-electron chi connectivity index (χ1n) is 8.90. The van der Waals surface area contributed by atoms with Gasteiger partial charge in [-0.05, 0) is 51.5 Å². The van der Waals surface area contributed by atoms with Crippen molar-refractivity contribution in [2.75, 3.05) is 22.5 Å². The number of aromatic nitrogens is 2. The molecule has 2 aromatic rings. The Morgan fingerprint density at radius 3 is 2.54 bits per heavy atom. The molecule has 0 fully saturated rings. The molecule has 0 aliphatic rings. The number of carbonyl (C=O) groups excluding carboxylic acids is 1. The number of ether oxygens (including phenoxy) is 1. The Hall–Kier alpha value is -2.83. The molecule has 0 atom stereocenters. The largest absolute Gasteiger partial charge is 0.491 e. The van der Waals surface area contributed by atoms with Gasteiger partial charge in [0.05, 0.1) is 6.10 Å². The quantitative estimate of drug-likeness (QED) is 0.608. The van der Waals surface area contributed by atoms with Crippen molar-refractivity contribution in [2.24, 2.45) is 0 Å². The third kappa shape index (κ3) is 6.58. The van der Waals surface area contributed by atoms with E-state index in [1.807, 2.05) is 39.0 Å². The van der Waals surface area contributed by atoms with Gasteiger partial charge in [-0.1, -0.05) is 13.3 Å². The number of nitrogens with one attached hydrogen (secondary N) is 3. The minimum Gasteiger partial charge on any atom is -0.491 e. The Morgan fingerprint density at radius 1 is 1.15 bits per heavy atom. The van der Waals surface area contributed by atoms with Crippen molar-refractivity contribution in [3.05, 3.63) is 36.0 Å². The summed E-state index contributed by atoms with van der Waals surface area (Å²) in [7, 11) is 0. The molecule has 3 N–H and O–H groups in total. The second-order valence-corrected chi connectivity index (χ2v) is 6.27. The molecular formula is C19H27N5O2. The van der Waals surface area contributed by atoms with Crippen LogP contribution in [0.5, 0.6) is 5.75 Å². The van der Waals surface area contributed by atoms with E-state index in [9.17, 15) is 4.79 Å². The maximum absolute atomic E-state index is 12.2. The molecule has 2 amide bonds. The van der Waals surface area contributed by atoms with E-state index in [1.54, 1.807) is 12.1 Å². The number of hydrogen-bond acceptors (Lipinski definition) is 5. The molecule has 7 heteroatoms. The van der Waals surface area contributed by atoms with Gasteiger partial charge in [0.2, 0.25) is 5.95 Å². The first-order valence-corrected chi connectivity index (χ1v) is 8.90. The number of anilines is 3. The number of carbonyl (C=O) groups is 1. The first kappa shape index (κ1) is 19.5. The van der Waals surface area contributed by atoms with Crippen LogP contribution in [0.15, 0.2) is 30.3 Å². The maximum Gasteiger partial charge on any atom is 0.326 e. The van der Waals surface area contributed by atoms with E-state index in [4.69, 9.17) is 4.74 Å². The first-order chi connectivity index (χ1) is 12.5. The fraction of sp³-hybridized carbons (Fsp3) is 0.421. The molecule has 1 heterocycles. The van der Waals surface area contributed by atoms with E-state index < -0.39 is 6.03 Å². The average Bonchev–Trinajstić information content (AvgIpc) is 2.56. The van der Waals surface area contributed by atoms with Crippen LogP contribution < -0.4 is 20.7 Å². The van der Waals surface area contributed by atoms with Crippen molar-refractivity contribution in [3.63, 3.8) is 0 Å². The summed E-state index contributed by atoms with van der Waals surface area (Å²) in [6, 6.07) is 8.65. The van der Waals surface area contributed by atoms with Gasteiger partial charge in [0.15, 0.2) is 0 Å². The van der Waals surface area contributed by atoms with Gasteiger partial charge >= 0.3 is 6.03 Å². The van der Waals surface area contributed by atoms with E-state index in [0.29, 0.717) is 11.5 Å². The lowest BCUT2D eigenvalue weighted by Gasteiger charge is -2.11. The molecule has 26 heavy (non-hydrogen) atoms. The molecule has 0 bridgehead atoms. The summed E-state index contributed by atoms with van der Waals surface area (Å²) in [6.07, 6.45) is 2.27. The van der Waals surface area contributed by atoms with Crippen molar-refractivity contribution >= 4 is 23.5 Å². The number of urea groups is 1. The molecular weight excluding hydrogens is 330 g/mol. The minimum absolute atomic E-state index is 0.107. The van der Waals surface area contributed by atoms with E-state index in [-0.39, 0.29) is 12.1 Å². The van der Waals surface area contributed by atoms with Gasteiger partial charge in [-0.3, -0.25) is 5.32 Å². The van der Waals surface area contributed by atoms with Gasteiger partial charge in [-0.15, -0.1) is 0 Å².